The van der Waals surface area contributed by atoms with E-state index < -0.39 is 18.1 Å². The molecule has 0 saturated carbocycles. The number of nitrogens with zero attached hydrogens (tertiary/aromatic N) is 4. The van der Waals surface area contributed by atoms with Crippen molar-refractivity contribution in [2.24, 2.45) is 0 Å². The van der Waals surface area contributed by atoms with Crippen LogP contribution in [0.15, 0.2) is 24.3 Å². The lowest BCUT2D eigenvalue weighted by atomic mass is 10.3. The molecule has 12 heteroatoms. The lowest BCUT2D eigenvalue weighted by molar-refractivity contribution is -0.274. The molecule has 3 rings (SSSR count). The van der Waals surface area contributed by atoms with Crippen LogP contribution >= 0.6 is 0 Å². The van der Waals surface area contributed by atoms with Crippen molar-refractivity contribution in [3.63, 3.8) is 0 Å². The smallest absolute Gasteiger partial charge is 0.467 e. The average Bonchev–Trinajstić information content (AvgIpc) is 3.21. The van der Waals surface area contributed by atoms with Gasteiger partial charge >= 0.3 is 18.4 Å². The summed E-state index contributed by atoms with van der Waals surface area (Å²) in [5.41, 5.74) is -0.131. The highest BCUT2D eigenvalue weighted by atomic mass is 19.4. The highest BCUT2D eigenvalue weighted by molar-refractivity contribution is 5.90. The number of carbonyl (C=O) groups is 1. The number of ether oxygens (including phenoxy) is 2. The van der Waals surface area contributed by atoms with Gasteiger partial charge in [0.25, 0.3) is 0 Å². The zero-order valence-corrected chi connectivity index (χ0v) is 15.5. The summed E-state index contributed by atoms with van der Waals surface area (Å²) in [5.74, 6) is 0.192. The van der Waals surface area contributed by atoms with E-state index in [0.717, 1.165) is 32.0 Å². The molecule has 0 spiro atoms. The largest absolute Gasteiger partial charge is 0.573 e. The highest BCUT2D eigenvalue weighted by Crippen LogP contribution is 2.29. The summed E-state index contributed by atoms with van der Waals surface area (Å²) in [6.45, 7) is 1.56. The maximum absolute atomic E-state index is 12.5. The van der Waals surface area contributed by atoms with Crippen molar-refractivity contribution in [1.29, 1.82) is 0 Å². The monoisotopic (exact) mass is 412 g/mol. The number of urea groups is 1. The van der Waals surface area contributed by atoms with Gasteiger partial charge in [0.2, 0.25) is 5.95 Å². The molecule has 2 N–H and O–H groups in total. The molecule has 2 amide bonds. The van der Waals surface area contributed by atoms with Crippen LogP contribution in [0.25, 0.3) is 0 Å². The van der Waals surface area contributed by atoms with Crippen LogP contribution < -0.4 is 25.0 Å². The first-order valence-corrected chi connectivity index (χ1v) is 8.77. The second-order valence-corrected chi connectivity index (χ2v) is 6.08. The minimum atomic E-state index is -4.87. The lowest BCUT2D eigenvalue weighted by Crippen LogP contribution is -2.30. The number of alkyl halides is 3. The van der Waals surface area contributed by atoms with Gasteiger partial charge in [0.15, 0.2) is 11.6 Å². The van der Waals surface area contributed by atoms with E-state index in [1.807, 2.05) is 4.90 Å². The van der Waals surface area contributed by atoms with E-state index in [0.29, 0.717) is 5.95 Å². The van der Waals surface area contributed by atoms with Crippen molar-refractivity contribution in [1.82, 2.24) is 20.3 Å². The topological polar surface area (TPSA) is 102 Å². The van der Waals surface area contributed by atoms with E-state index >= 15 is 0 Å². The number of hydrogen-bond acceptors (Lipinski definition) is 7. The van der Waals surface area contributed by atoms with Gasteiger partial charge in [0, 0.05) is 13.1 Å². The molecule has 156 valence electrons. The zero-order valence-electron chi connectivity index (χ0n) is 15.5. The van der Waals surface area contributed by atoms with Crippen LogP contribution in [-0.2, 0) is 6.54 Å². The Morgan fingerprint density at radius 1 is 1.17 bits per heavy atom. The van der Waals surface area contributed by atoms with E-state index in [-0.39, 0.29) is 24.1 Å². The summed E-state index contributed by atoms with van der Waals surface area (Å²) >= 11 is 0. The molecule has 0 bridgehead atoms. The Labute approximate surface area is 164 Å². The van der Waals surface area contributed by atoms with Crippen molar-refractivity contribution < 1.29 is 27.4 Å². The number of aromatic nitrogens is 3. The van der Waals surface area contributed by atoms with Gasteiger partial charge in [0.1, 0.15) is 0 Å². The number of carbonyl (C=O) groups excluding carboxylic acids is 1. The van der Waals surface area contributed by atoms with Crippen molar-refractivity contribution in [2.75, 3.05) is 30.4 Å². The molecular formula is C17H19F3N6O3. The fourth-order valence-electron chi connectivity index (χ4n) is 2.72. The third-order valence-electron chi connectivity index (χ3n) is 3.99. The molecule has 1 fully saturated rings. The first-order chi connectivity index (χ1) is 13.8. The highest BCUT2D eigenvalue weighted by Gasteiger charge is 2.32. The van der Waals surface area contributed by atoms with E-state index in [4.69, 9.17) is 4.74 Å². The zero-order chi connectivity index (χ0) is 20.9. The fraction of sp³-hybridized carbons (Fsp3) is 0.412. The number of nitrogens with one attached hydrogen (secondary N) is 2. The van der Waals surface area contributed by atoms with Crippen LogP contribution in [0.5, 0.6) is 11.8 Å². The normalized spacial score (nSPS) is 13.9. The standard InChI is InChI=1S/C17H19F3N6O3/c1-28-16-24-13(23-14(25-16)26-8-4-5-9-26)10-21-15(27)22-11-6-2-3-7-12(11)29-17(18,19)20/h2-3,6-7H,4-5,8-10H2,1H3,(H2,21,22,27). The molecule has 1 aliphatic rings. The van der Waals surface area contributed by atoms with Gasteiger partial charge < -0.3 is 25.0 Å². The van der Waals surface area contributed by atoms with Crippen molar-refractivity contribution in [3.8, 4) is 11.8 Å². The van der Waals surface area contributed by atoms with Crippen molar-refractivity contribution in [2.45, 2.75) is 25.7 Å². The number of amides is 2. The Hall–Kier alpha value is -3.31. The molecule has 0 radical (unpaired) electrons. The number of benzene rings is 1. The Morgan fingerprint density at radius 3 is 2.59 bits per heavy atom. The molecule has 0 atom stereocenters. The maximum atomic E-state index is 12.5. The summed E-state index contributed by atoms with van der Waals surface area (Å²) in [6.07, 6.45) is -2.81. The summed E-state index contributed by atoms with van der Waals surface area (Å²) in [7, 11) is 1.42. The number of halogens is 3. The molecule has 0 aliphatic carbocycles. The molecular weight excluding hydrogens is 393 g/mol. The van der Waals surface area contributed by atoms with Crippen LogP contribution in [0.4, 0.5) is 29.6 Å². The van der Waals surface area contributed by atoms with Crippen LogP contribution in [0, 0.1) is 0 Å². The predicted molar refractivity (Wildman–Crippen MR) is 96.8 cm³/mol. The molecule has 1 aromatic carbocycles. The SMILES string of the molecule is COc1nc(CNC(=O)Nc2ccccc2OC(F)(F)F)nc(N2CCCC2)n1. The van der Waals surface area contributed by atoms with E-state index in [1.54, 1.807) is 0 Å². The first kappa shape index (κ1) is 20.4. The van der Waals surface area contributed by atoms with Crippen LogP contribution in [0.3, 0.4) is 0 Å². The third-order valence-corrected chi connectivity index (χ3v) is 3.99. The third kappa shape index (κ3) is 5.83. The van der Waals surface area contributed by atoms with Crippen LogP contribution in [0.2, 0.25) is 0 Å². The molecule has 1 aliphatic heterocycles. The number of hydrogen-bond donors (Lipinski definition) is 2. The number of anilines is 2. The minimum Gasteiger partial charge on any atom is -0.467 e. The van der Waals surface area contributed by atoms with Gasteiger partial charge in [-0.3, -0.25) is 0 Å². The number of methoxy groups -OCH3 is 1. The van der Waals surface area contributed by atoms with Crippen LogP contribution in [0.1, 0.15) is 18.7 Å². The Bertz CT molecular complexity index is 859. The summed E-state index contributed by atoms with van der Waals surface area (Å²) in [6, 6.07) is 4.59. The fourth-order valence-corrected chi connectivity index (χ4v) is 2.72. The van der Waals surface area contributed by atoms with Gasteiger partial charge in [0.05, 0.1) is 19.3 Å². The molecule has 0 unspecified atom stereocenters. The minimum absolute atomic E-state index is 0.0755. The Kier molecular flexibility index (Phi) is 6.20. The van der Waals surface area contributed by atoms with E-state index in [2.05, 4.69) is 30.3 Å². The molecule has 29 heavy (non-hydrogen) atoms. The second-order valence-electron chi connectivity index (χ2n) is 6.08. The average molecular weight is 412 g/mol. The number of para-hydroxylation sites is 2. The first-order valence-electron chi connectivity index (χ1n) is 8.77. The van der Waals surface area contributed by atoms with E-state index in [9.17, 15) is 18.0 Å². The summed E-state index contributed by atoms with van der Waals surface area (Å²) < 4.78 is 46.4. The maximum Gasteiger partial charge on any atom is 0.573 e. The lowest BCUT2D eigenvalue weighted by Gasteiger charge is -2.16. The Morgan fingerprint density at radius 2 is 1.90 bits per heavy atom. The van der Waals surface area contributed by atoms with Gasteiger partial charge in [-0.1, -0.05) is 12.1 Å². The van der Waals surface area contributed by atoms with Crippen molar-refractivity contribution >= 4 is 17.7 Å². The number of rotatable bonds is 6. The molecule has 2 heterocycles. The molecule has 9 nitrogen and oxygen atoms in total. The molecule has 1 saturated heterocycles. The summed E-state index contributed by atoms with van der Waals surface area (Å²) in [4.78, 5) is 26.7. The van der Waals surface area contributed by atoms with Gasteiger partial charge in [-0.05, 0) is 25.0 Å². The van der Waals surface area contributed by atoms with Crippen molar-refractivity contribution in [3.05, 3.63) is 30.1 Å². The van der Waals surface area contributed by atoms with E-state index in [1.165, 1.54) is 25.3 Å². The van der Waals surface area contributed by atoms with Gasteiger partial charge in [-0.2, -0.15) is 15.0 Å². The van der Waals surface area contributed by atoms with Gasteiger partial charge in [-0.25, -0.2) is 4.79 Å². The quantitative estimate of drug-likeness (QED) is 0.752. The second kappa shape index (κ2) is 8.80. The molecule has 2 aromatic rings. The summed E-state index contributed by atoms with van der Waals surface area (Å²) in [5, 5.41) is 4.81. The van der Waals surface area contributed by atoms with Crippen LogP contribution in [-0.4, -0.2) is 47.5 Å². The van der Waals surface area contributed by atoms with Gasteiger partial charge in [-0.15, -0.1) is 13.2 Å². The molecule has 1 aromatic heterocycles. The predicted octanol–water partition coefficient (Wildman–Crippen LogP) is 2.70. The Balaban J connectivity index is 1.65.